The normalized spacial score (nSPS) is 16.0. The Kier molecular flexibility index (Phi) is 6.90. The van der Waals surface area contributed by atoms with Crippen molar-refractivity contribution in [2.24, 2.45) is 10.9 Å². The average molecular weight is 333 g/mol. The number of likely N-dealkylation sites (tertiary alicyclic amines) is 1. The molecular formula is C18H27N3O3. The van der Waals surface area contributed by atoms with Crippen LogP contribution >= 0.6 is 0 Å². The van der Waals surface area contributed by atoms with Gasteiger partial charge in [-0.15, -0.1) is 0 Å². The summed E-state index contributed by atoms with van der Waals surface area (Å²) >= 11 is 0. The Bertz CT molecular complexity index is 566. The van der Waals surface area contributed by atoms with Gasteiger partial charge >= 0.3 is 5.97 Å². The molecule has 0 bridgehead atoms. The summed E-state index contributed by atoms with van der Waals surface area (Å²) < 4.78 is 10.1. The molecule has 1 saturated heterocycles. The highest BCUT2D eigenvalue weighted by molar-refractivity contribution is 5.80. The van der Waals surface area contributed by atoms with E-state index in [1.165, 1.54) is 7.11 Å². The first-order valence-corrected chi connectivity index (χ1v) is 8.42. The lowest BCUT2D eigenvalue weighted by Crippen LogP contribution is -2.46. The third-order valence-electron chi connectivity index (χ3n) is 4.21. The molecular weight excluding hydrogens is 306 g/mol. The van der Waals surface area contributed by atoms with Crippen molar-refractivity contribution < 1.29 is 14.3 Å². The van der Waals surface area contributed by atoms with Gasteiger partial charge in [0, 0.05) is 19.6 Å². The molecule has 0 spiro atoms. The molecule has 0 amide bonds. The monoisotopic (exact) mass is 333 g/mol. The quantitative estimate of drug-likeness (QED) is 0.508. The molecule has 1 aromatic carbocycles. The van der Waals surface area contributed by atoms with Gasteiger partial charge in [0.15, 0.2) is 5.96 Å². The van der Waals surface area contributed by atoms with Gasteiger partial charge in [-0.25, -0.2) is 4.99 Å². The molecule has 0 unspecified atom stereocenters. The minimum Gasteiger partial charge on any atom is -0.497 e. The van der Waals surface area contributed by atoms with E-state index in [0.717, 1.165) is 49.7 Å². The molecule has 1 aliphatic rings. The summed E-state index contributed by atoms with van der Waals surface area (Å²) in [5.74, 6) is 1.63. The van der Waals surface area contributed by atoms with E-state index >= 15 is 0 Å². The largest absolute Gasteiger partial charge is 0.497 e. The Morgan fingerprint density at radius 3 is 2.71 bits per heavy atom. The van der Waals surface area contributed by atoms with Gasteiger partial charge in [-0.1, -0.05) is 12.1 Å². The number of piperidine rings is 1. The maximum Gasteiger partial charge on any atom is 0.308 e. The predicted octanol–water partition coefficient (Wildman–Crippen LogP) is 2.05. The molecule has 1 aromatic rings. The molecule has 2 rings (SSSR count). The van der Waals surface area contributed by atoms with Gasteiger partial charge < -0.3 is 19.7 Å². The molecule has 0 aliphatic carbocycles. The van der Waals surface area contributed by atoms with Gasteiger partial charge in [0.2, 0.25) is 0 Å². The first-order valence-electron chi connectivity index (χ1n) is 8.42. The Morgan fingerprint density at radius 1 is 1.33 bits per heavy atom. The van der Waals surface area contributed by atoms with E-state index in [1.807, 2.05) is 24.3 Å². The van der Waals surface area contributed by atoms with Gasteiger partial charge in [-0.2, -0.15) is 0 Å². The van der Waals surface area contributed by atoms with E-state index in [1.54, 1.807) is 7.11 Å². The van der Waals surface area contributed by atoms with Crippen LogP contribution in [0.5, 0.6) is 5.75 Å². The lowest BCUT2D eigenvalue weighted by molar-refractivity contribution is -0.146. The third kappa shape index (κ3) is 4.88. The van der Waals surface area contributed by atoms with E-state index in [0.29, 0.717) is 6.54 Å². The smallest absolute Gasteiger partial charge is 0.308 e. The van der Waals surface area contributed by atoms with Crippen LogP contribution in [0.2, 0.25) is 0 Å². The van der Waals surface area contributed by atoms with Gasteiger partial charge in [-0.05, 0) is 37.5 Å². The summed E-state index contributed by atoms with van der Waals surface area (Å²) in [5.41, 5.74) is 1.11. The summed E-state index contributed by atoms with van der Waals surface area (Å²) in [6.07, 6.45) is 1.60. The van der Waals surface area contributed by atoms with E-state index in [4.69, 9.17) is 14.5 Å². The Morgan fingerprint density at radius 2 is 2.08 bits per heavy atom. The van der Waals surface area contributed by atoms with Gasteiger partial charge in [0.25, 0.3) is 0 Å². The minimum atomic E-state index is -0.104. The van der Waals surface area contributed by atoms with Crippen LogP contribution in [0.15, 0.2) is 29.3 Å². The maximum atomic E-state index is 11.6. The SMILES string of the molecule is CCNC(=NCc1cccc(OC)c1)N1CCC(C(=O)OC)CC1. The number of guanidine groups is 1. The molecule has 1 fully saturated rings. The molecule has 1 aliphatic heterocycles. The zero-order valence-corrected chi connectivity index (χ0v) is 14.7. The minimum absolute atomic E-state index is 0.00695. The zero-order chi connectivity index (χ0) is 17.4. The summed E-state index contributed by atoms with van der Waals surface area (Å²) in [7, 11) is 3.12. The molecule has 0 saturated carbocycles. The summed E-state index contributed by atoms with van der Waals surface area (Å²) in [6, 6.07) is 7.93. The lowest BCUT2D eigenvalue weighted by Gasteiger charge is -2.33. The second-order valence-electron chi connectivity index (χ2n) is 5.81. The van der Waals surface area contributed by atoms with Gasteiger partial charge in [0.05, 0.1) is 26.7 Å². The van der Waals surface area contributed by atoms with Crippen molar-refractivity contribution in [2.75, 3.05) is 33.9 Å². The van der Waals surface area contributed by atoms with Crippen molar-refractivity contribution in [3.05, 3.63) is 29.8 Å². The summed E-state index contributed by atoms with van der Waals surface area (Å²) in [6.45, 7) is 5.08. The Labute approximate surface area is 143 Å². The van der Waals surface area contributed by atoms with Crippen LogP contribution in [0.4, 0.5) is 0 Å². The maximum absolute atomic E-state index is 11.6. The molecule has 132 valence electrons. The number of esters is 1. The van der Waals surface area contributed by atoms with Crippen LogP contribution in [0.3, 0.4) is 0 Å². The number of hydrogen-bond acceptors (Lipinski definition) is 4. The standard InChI is InChI=1S/C18H27N3O3/c1-4-19-18(20-13-14-6-5-7-16(12-14)23-2)21-10-8-15(9-11-21)17(22)24-3/h5-7,12,15H,4,8-11,13H2,1-3H3,(H,19,20). The number of nitrogens with one attached hydrogen (secondary N) is 1. The van der Waals surface area contributed by atoms with E-state index in [2.05, 4.69) is 17.1 Å². The third-order valence-corrected chi connectivity index (χ3v) is 4.21. The summed E-state index contributed by atoms with van der Waals surface area (Å²) in [5, 5.41) is 3.34. The number of aliphatic imine (C=N–C) groups is 1. The van der Waals surface area contributed by atoms with Crippen molar-refractivity contribution >= 4 is 11.9 Å². The van der Waals surface area contributed by atoms with Crippen molar-refractivity contribution in [3.8, 4) is 5.75 Å². The van der Waals surface area contributed by atoms with E-state index in [9.17, 15) is 4.79 Å². The van der Waals surface area contributed by atoms with E-state index < -0.39 is 0 Å². The number of benzene rings is 1. The van der Waals surface area contributed by atoms with Crippen LogP contribution in [0.1, 0.15) is 25.3 Å². The fourth-order valence-corrected chi connectivity index (χ4v) is 2.86. The topological polar surface area (TPSA) is 63.2 Å². The molecule has 0 aromatic heterocycles. The number of rotatable bonds is 5. The molecule has 1 heterocycles. The van der Waals surface area contributed by atoms with Crippen molar-refractivity contribution in [1.82, 2.24) is 10.2 Å². The number of carbonyl (C=O) groups is 1. The van der Waals surface area contributed by atoms with E-state index in [-0.39, 0.29) is 11.9 Å². The van der Waals surface area contributed by atoms with Crippen LogP contribution < -0.4 is 10.1 Å². The lowest BCUT2D eigenvalue weighted by atomic mass is 9.97. The first-order chi connectivity index (χ1) is 11.7. The van der Waals surface area contributed by atoms with Crippen molar-refractivity contribution in [1.29, 1.82) is 0 Å². The first kappa shape index (κ1) is 18.1. The number of hydrogen-bond donors (Lipinski definition) is 1. The van der Waals surface area contributed by atoms with Crippen molar-refractivity contribution in [2.45, 2.75) is 26.3 Å². The van der Waals surface area contributed by atoms with Crippen molar-refractivity contribution in [3.63, 3.8) is 0 Å². The number of carbonyl (C=O) groups excluding carboxylic acids is 1. The molecule has 24 heavy (non-hydrogen) atoms. The Balaban J connectivity index is 1.99. The highest BCUT2D eigenvalue weighted by Crippen LogP contribution is 2.19. The number of methoxy groups -OCH3 is 2. The number of ether oxygens (including phenoxy) is 2. The molecule has 0 radical (unpaired) electrons. The average Bonchev–Trinajstić information content (AvgIpc) is 2.64. The van der Waals surface area contributed by atoms with Gasteiger partial charge in [-0.3, -0.25) is 4.79 Å². The fraction of sp³-hybridized carbons (Fsp3) is 0.556. The predicted molar refractivity (Wildman–Crippen MR) is 94.1 cm³/mol. The zero-order valence-electron chi connectivity index (χ0n) is 14.7. The molecule has 1 N–H and O–H groups in total. The highest BCUT2D eigenvalue weighted by atomic mass is 16.5. The highest BCUT2D eigenvalue weighted by Gasteiger charge is 2.26. The second kappa shape index (κ2) is 9.15. The van der Waals surface area contributed by atoms with Gasteiger partial charge in [0.1, 0.15) is 5.75 Å². The molecule has 6 heteroatoms. The number of nitrogens with zero attached hydrogens (tertiary/aromatic N) is 2. The molecule has 0 atom stereocenters. The molecule has 6 nitrogen and oxygen atoms in total. The fourth-order valence-electron chi connectivity index (χ4n) is 2.86. The van der Waals surface area contributed by atoms with Crippen LogP contribution in [-0.4, -0.2) is 50.7 Å². The van der Waals surface area contributed by atoms with Crippen LogP contribution in [-0.2, 0) is 16.1 Å². The second-order valence-corrected chi connectivity index (χ2v) is 5.81. The van der Waals surface area contributed by atoms with Crippen LogP contribution in [0, 0.1) is 5.92 Å². The van der Waals surface area contributed by atoms with Crippen LogP contribution in [0.25, 0.3) is 0 Å². The Hall–Kier alpha value is -2.24. The summed E-state index contributed by atoms with van der Waals surface area (Å²) in [4.78, 5) is 18.6.